The molecule has 2 saturated heterocycles. The second-order valence-corrected chi connectivity index (χ2v) is 11.2. The molecule has 4 rings (SSSR count). The van der Waals surface area contributed by atoms with Crippen LogP contribution in [0.4, 0.5) is 11.4 Å². The van der Waals surface area contributed by atoms with E-state index >= 15 is 0 Å². The van der Waals surface area contributed by atoms with E-state index in [2.05, 4.69) is 66.7 Å². The first-order valence-electron chi connectivity index (χ1n) is 13.0. The molecule has 1 aromatic carbocycles. The molecule has 172 valence electrons. The highest BCUT2D eigenvalue weighted by Crippen LogP contribution is 2.43. The van der Waals surface area contributed by atoms with Crippen LogP contribution >= 0.6 is 0 Å². The Hall–Kier alpha value is -1.48. The molecule has 2 heterocycles. The maximum Gasteiger partial charge on any atom is 0.0708 e. The third-order valence-corrected chi connectivity index (χ3v) is 7.91. The van der Waals surface area contributed by atoms with E-state index in [-0.39, 0.29) is 0 Å². The van der Waals surface area contributed by atoms with Gasteiger partial charge in [-0.15, -0.1) is 0 Å². The number of allylic oxidation sites excluding steroid dienone is 2. The van der Waals surface area contributed by atoms with Gasteiger partial charge in [-0.3, -0.25) is 4.90 Å². The van der Waals surface area contributed by atoms with E-state index in [1.54, 1.807) is 5.57 Å². The summed E-state index contributed by atoms with van der Waals surface area (Å²) in [5.41, 5.74) is 6.45. The number of rotatable bonds is 6. The Morgan fingerprint density at radius 2 is 1.77 bits per heavy atom. The Bertz CT molecular complexity index is 754. The molecule has 1 unspecified atom stereocenters. The van der Waals surface area contributed by atoms with Gasteiger partial charge in [0.25, 0.3) is 0 Å². The number of anilines is 2. The van der Waals surface area contributed by atoms with Crippen molar-refractivity contribution in [2.24, 2.45) is 11.3 Å². The van der Waals surface area contributed by atoms with Crippen LogP contribution in [0.15, 0.2) is 24.3 Å². The van der Waals surface area contributed by atoms with Gasteiger partial charge in [0, 0.05) is 43.1 Å². The van der Waals surface area contributed by atoms with Gasteiger partial charge in [-0.1, -0.05) is 40.2 Å². The number of benzene rings is 1. The van der Waals surface area contributed by atoms with Crippen LogP contribution in [-0.2, 0) is 0 Å². The van der Waals surface area contributed by atoms with Gasteiger partial charge in [0.15, 0.2) is 0 Å². The van der Waals surface area contributed by atoms with Gasteiger partial charge in [0.05, 0.1) is 6.67 Å². The summed E-state index contributed by atoms with van der Waals surface area (Å²) in [5, 5.41) is 0. The quantitative estimate of drug-likeness (QED) is 0.499. The topological polar surface area (TPSA) is 9.72 Å². The minimum atomic E-state index is 0.412. The average molecular weight is 424 g/mol. The van der Waals surface area contributed by atoms with Crippen molar-refractivity contribution in [2.45, 2.75) is 79.1 Å². The number of hydrogen-bond acceptors (Lipinski definition) is 3. The molecular formula is C28H45N3. The summed E-state index contributed by atoms with van der Waals surface area (Å²) < 4.78 is 0. The Balaban J connectivity index is 1.60. The molecule has 2 aliphatic heterocycles. The third-order valence-electron chi connectivity index (χ3n) is 7.91. The summed E-state index contributed by atoms with van der Waals surface area (Å²) in [5.74, 6) is 0.807. The first kappa shape index (κ1) is 22.7. The Labute approximate surface area is 191 Å². The molecule has 0 aromatic heterocycles. The first-order valence-corrected chi connectivity index (χ1v) is 13.0. The van der Waals surface area contributed by atoms with E-state index in [4.69, 9.17) is 0 Å². The first-order chi connectivity index (χ1) is 15.0. The molecule has 0 radical (unpaired) electrons. The molecule has 2 fully saturated rings. The van der Waals surface area contributed by atoms with Crippen molar-refractivity contribution in [2.75, 3.05) is 49.2 Å². The molecule has 1 atom stereocenters. The lowest BCUT2D eigenvalue weighted by Crippen LogP contribution is -2.30. The lowest BCUT2D eigenvalue weighted by atomic mass is 9.72. The number of nitrogens with zero attached hydrogens (tertiary/aromatic N) is 3. The summed E-state index contributed by atoms with van der Waals surface area (Å²) in [6.07, 6.45) is 13.0. The predicted molar refractivity (Wildman–Crippen MR) is 136 cm³/mol. The zero-order valence-corrected chi connectivity index (χ0v) is 20.6. The second kappa shape index (κ2) is 9.98. The maximum absolute atomic E-state index is 2.64. The molecule has 0 spiro atoms. The zero-order valence-electron chi connectivity index (χ0n) is 20.6. The highest BCUT2D eigenvalue weighted by atomic mass is 15.4. The van der Waals surface area contributed by atoms with E-state index in [1.807, 2.05) is 0 Å². The van der Waals surface area contributed by atoms with Gasteiger partial charge in [-0.05, 0) is 86.6 Å². The second-order valence-electron chi connectivity index (χ2n) is 11.2. The number of unbranched alkanes of at least 4 members (excludes halogenated alkanes) is 1. The molecule has 0 bridgehead atoms. The smallest absolute Gasteiger partial charge is 0.0708 e. The Morgan fingerprint density at radius 1 is 0.968 bits per heavy atom. The van der Waals surface area contributed by atoms with Crippen LogP contribution in [-0.4, -0.2) is 44.3 Å². The summed E-state index contributed by atoms with van der Waals surface area (Å²) >= 11 is 0. The third kappa shape index (κ3) is 5.48. The van der Waals surface area contributed by atoms with Crippen molar-refractivity contribution in [3.63, 3.8) is 0 Å². The summed E-state index contributed by atoms with van der Waals surface area (Å²) in [6, 6.07) is 7.39. The fourth-order valence-corrected chi connectivity index (χ4v) is 5.68. The predicted octanol–water partition coefficient (Wildman–Crippen LogP) is 6.79. The lowest BCUT2D eigenvalue weighted by Gasteiger charge is -2.35. The largest absolute Gasteiger partial charge is 0.372 e. The average Bonchev–Trinajstić information content (AvgIpc) is 3.26. The van der Waals surface area contributed by atoms with Crippen LogP contribution in [0.25, 0.3) is 5.57 Å². The monoisotopic (exact) mass is 423 g/mol. The summed E-state index contributed by atoms with van der Waals surface area (Å²) in [7, 11) is 0. The fourth-order valence-electron chi connectivity index (χ4n) is 5.68. The molecule has 31 heavy (non-hydrogen) atoms. The molecule has 3 nitrogen and oxygen atoms in total. The highest BCUT2D eigenvalue weighted by molar-refractivity contribution is 5.80. The normalized spacial score (nSPS) is 23.4. The standard InChI is InChI=1S/C28H45N3/c1-5-6-16-29-19-20-31(22-29)27-15-14-25(30-17-8-7-9-18-30)21-26(27)23-10-12-24(13-11-23)28(2,3)4/h10,14-15,21,24H,5-9,11-13,16-20,22H2,1-4H3. The number of piperidine rings is 1. The zero-order chi connectivity index (χ0) is 21.8. The van der Waals surface area contributed by atoms with E-state index in [1.165, 1.54) is 94.5 Å². The van der Waals surface area contributed by atoms with Crippen LogP contribution in [0.2, 0.25) is 0 Å². The van der Waals surface area contributed by atoms with Gasteiger partial charge in [0.1, 0.15) is 0 Å². The van der Waals surface area contributed by atoms with E-state index in [0.717, 1.165) is 19.1 Å². The molecule has 3 aliphatic rings. The van der Waals surface area contributed by atoms with Crippen molar-refractivity contribution < 1.29 is 0 Å². The minimum absolute atomic E-state index is 0.412. The van der Waals surface area contributed by atoms with Crippen LogP contribution < -0.4 is 9.80 Å². The minimum Gasteiger partial charge on any atom is -0.372 e. The highest BCUT2D eigenvalue weighted by Gasteiger charge is 2.29. The summed E-state index contributed by atoms with van der Waals surface area (Å²) in [4.78, 5) is 7.90. The van der Waals surface area contributed by atoms with Gasteiger partial charge >= 0.3 is 0 Å². The van der Waals surface area contributed by atoms with E-state index in [0.29, 0.717) is 5.41 Å². The fraction of sp³-hybridized carbons (Fsp3) is 0.714. The maximum atomic E-state index is 2.64. The van der Waals surface area contributed by atoms with Gasteiger partial charge in [0.2, 0.25) is 0 Å². The van der Waals surface area contributed by atoms with E-state index in [9.17, 15) is 0 Å². The van der Waals surface area contributed by atoms with Gasteiger partial charge < -0.3 is 9.80 Å². The molecule has 0 N–H and O–H groups in total. The van der Waals surface area contributed by atoms with Crippen molar-refractivity contribution in [3.8, 4) is 0 Å². The van der Waals surface area contributed by atoms with Crippen molar-refractivity contribution in [3.05, 3.63) is 29.8 Å². The van der Waals surface area contributed by atoms with Crippen molar-refractivity contribution >= 4 is 16.9 Å². The van der Waals surface area contributed by atoms with Crippen LogP contribution in [0.5, 0.6) is 0 Å². The van der Waals surface area contributed by atoms with Crippen molar-refractivity contribution in [1.29, 1.82) is 0 Å². The molecular weight excluding hydrogens is 378 g/mol. The molecule has 1 aliphatic carbocycles. The summed E-state index contributed by atoms with van der Waals surface area (Å²) in [6.45, 7) is 16.7. The van der Waals surface area contributed by atoms with Gasteiger partial charge in [-0.2, -0.15) is 0 Å². The molecule has 0 saturated carbocycles. The molecule has 0 amide bonds. The van der Waals surface area contributed by atoms with Crippen LogP contribution in [0.3, 0.4) is 0 Å². The van der Waals surface area contributed by atoms with Crippen molar-refractivity contribution in [1.82, 2.24) is 4.90 Å². The molecule has 3 heteroatoms. The van der Waals surface area contributed by atoms with Crippen LogP contribution in [0.1, 0.15) is 84.6 Å². The van der Waals surface area contributed by atoms with E-state index < -0.39 is 0 Å². The van der Waals surface area contributed by atoms with Crippen LogP contribution in [0, 0.1) is 11.3 Å². The number of hydrogen-bond donors (Lipinski definition) is 0. The SMILES string of the molecule is CCCCN1CCN(c2ccc(N3CCCCC3)cc2C2=CCC(C(C)(C)C)CC2)C1. The lowest BCUT2D eigenvalue weighted by molar-refractivity contribution is 0.225. The van der Waals surface area contributed by atoms with Gasteiger partial charge in [-0.25, -0.2) is 0 Å². The Morgan fingerprint density at radius 3 is 2.45 bits per heavy atom. The Kier molecular flexibility index (Phi) is 7.31. The molecule has 1 aromatic rings.